The highest BCUT2D eigenvalue weighted by Crippen LogP contribution is 2.40. The van der Waals surface area contributed by atoms with Crippen LogP contribution in [0.25, 0.3) is 11.1 Å². The number of carbonyl (C=O) groups excluding carboxylic acids is 2. The van der Waals surface area contributed by atoms with E-state index in [2.05, 4.69) is 46.6 Å². The number of likely N-dealkylation sites (tertiary alicyclic amines) is 1. The average Bonchev–Trinajstić information content (AvgIpc) is 2.82. The van der Waals surface area contributed by atoms with E-state index in [9.17, 15) is 9.59 Å². The van der Waals surface area contributed by atoms with Crippen LogP contribution in [0.5, 0.6) is 0 Å². The Labute approximate surface area is 208 Å². The topological polar surface area (TPSA) is 61.9 Å². The lowest BCUT2D eigenvalue weighted by Crippen LogP contribution is -2.46. The highest BCUT2D eigenvalue weighted by atomic mass is 16.6. The summed E-state index contributed by atoms with van der Waals surface area (Å²) in [6, 6.07) is 14.8. The fraction of sp³-hybridized carbons (Fsp3) is 0.517. The molecule has 0 spiro atoms. The lowest BCUT2D eigenvalue weighted by molar-refractivity contribution is -0.117. The minimum Gasteiger partial charge on any atom is -0.446 e. The highest BCUT2D eigenvalue weighted by molar-refractivity contribution is 5.94. The number of alkyl carbamates (subject to hydrolysis) is 1. The van der Waals surface area contributed by atoms with E-state index in [1.807, 2.05) is 17.9 Å². The van der Waals surface area contributed by atoms with Gasteiger partial charge < -0.3 is 15.0 Å². The second-order valence-electron chi connectivity index (χ2n) is 10.4. The van der Waals surface area contributed by atoms with Crippen molar-refractivity contribution in [2.45, 2.75) is 83.5 Å². The van der Waals surface area contributed by atoms with E-state index in [-0.39, 0.29) is 30.2 Å². The van der Waals surface area contributed by atoms with Crippen molar-refractivity contribution in [1.82, 2.24) is 10.2 Å². The Morgan fingerprint density at radius 3 is 2.34 bits per heavy atom. The minimum atomic E-state index is -0.360. The Morgan fingerprint density at radius 1 is 0.971 bits per heavy atom. The summed E-state index contributed by atoms with van der Waals surface area (Å²) in [6.07, 6.45) is 7.29. The normalized spacial score (nSPS) is 22.7. The van der Waals surface area contributed by atoms with Gasteiger partial charge >= 0.3 is 6.09 Å². The van der Waals surface area contributed by atoms with Crippen LogP contribution in [-0.2, 0) is 16.1 Å². The summed E-state index contributed by atoms with van der Waals surface area (Å²) in [4.78, 5) is 29.4. The number of benzene rings is 2. The Morgan fingerprint density at radius 2 is 1.69 bits per heavy atom. The number of hydrogen-bond donors (Lipinski definition) is 1. The molecule has 1 aliphatic carbocycles. The number of nitrogens with one attached hydrogen (secondary N) is 1. The second-order valence-corrected chi connectivity index (χ2v) is 10.4. The van der Waals surface area contributed by atoms with Gasteiger partial charge in [-0.3, -0.25) is 9.69 Å². The maximum Gasteiger partial charge on any atom is 0.407 e. The molecular weight excluding hydrogens is 438 g/mol. The molecule has 5 rings (SSSR count). The van der Waals surface area contributed by atoms with Crippen LogP contribution in [0.3, 0.4) is 0 Å². The smallest absolute Gasteiger partial charge is 0.407 e. The van der Waals surface area contributed by atoms with Crippen LogP contribution in [0.2, 0.25) is 0 Å². The predicted octanol–water partition coefficient (Wildman–Crippen LogP) is 5.80. The van der Waals surface area contributed by atoms with Crippen molar-refractivity contribution in [3.05, 3.63) is 53.6 Å². The summed E-state index contributed by atoms with van der Waals surface area (Å²) in [6.45, 7) is 7.02. The van der Waals surface area contributed by atoms with Crippen LogP contribution in [0, 0.1) is 0 Å². The van der Waals surface area contributed by atoms with Crippen LogP contribution in [0.1, 0.15) is 76.0 Å². The van der Waals surface area contributed by atoms with E-state index < -0.39 is 0 Å². The molecule has 6 heteroatoms. The van der Waals surface area contributed by atoms with Crippen LogP contribution >= 0.6 is 0 Å². The first-order valence-corrected chi connectivity index (χ1v) is 13.2. The van der Waals surface area contributed by atoms with Crippen molar-refractivity contribution < 1.29 is 14.3 Å². The zero-order valence-electron chi connectivity index (χ0n) is 21.0. The Bertz CT molecular complexity index is 1060. The standard InChI is InChI=1S/C29H37N3O3/c1-20-17-27(30-29(34)35-25-7-6-8-25)26-18-24(13-14-28(26)32(20)21(2)33)23-11-9-22(10-12-23)19-31-15-4-3-5-16-31/h9-14,18,20,25,27H,3-8,15-17,19H2,1-2H3,(H,30,34)/t20-,27+/m1/s1. The van der Waals surface area contributed by atoms with Gasteiger partial charge in [0.15, 0.2) is 0 Å². The second kappa shape index (κ2) is 10.4. The molecule has 2 amide bonds. The van der Waals surface area contributed by atoms with Gasteiger partial charge in [0.2, 0.25) is 5.91 Å². The maximum atomic E-state index is 12.6. The number of anilines is 1. The fourth-order valence-electron chi connectivity index (χ4n) is 5.65. The average molecular weight is 476 g/mol. The van der Waals surface area contributed by atoms with Crippen molar-refractivity contribution in [1.29, 1.82) is 0 Å². The quantitative estimate of drug-likeness (QED) is 0.593. The molecule has 0 radical (unpaired) electrons. The molecular formula is C29H37N3O3. The van der Waals surface area contributed by atoms with E-state index in [1.165, 1.54) is 37.9 Å². The van der Waals surface area contributed by atoms with Crippen LogP contribution in [-0.4, -0.2) is 42.1 Å². The first-order valence-electron chi connectivity index (χ1n) is 13.2. The van der Waals surface area contributed by atoms with Gasteiger partial charge in [0.25, 0.3) is 0 Å². The van der Waals surface area contributed by atoms with Gasteiger partial charge in [-0.25, -0.2) is 4.79 Å². The Balaban J connectivity index is 1.38. The molecule has 2 fully saturated rings. The summed E-state index contributed by atoms with van der Waals surface area (Å²) in [7, 11) is 0. The van der Waals surface area contributed by atoms with Crippen molar-refractivity contribution in [2.75, 3.05) is 18.0 Å². The molecule has 0 aromatic heterocycles. The molecule has 3 aliphatic rings. The predicted molar refractivity (Wildman–Crippen MR) is 138 cm³/mol. The van der Waals surface area contributed by atoms with E-state index in [4.69, 9.17) is 4.74 Å². The molecule has 2 aromatic carbocycles. The van der Waals surface area contributed by atoms with Gasteiger partial charge in [0, 0.05) is 25.2 Å². The van der Waals surface area contributed by atoms with Gasteiger partial charge in [-0.15, -0.1) is 0 Å². The summed E-state index contributed by atoms with van der Waals surface area (Å²) >= 11 is 0. The molecule has 1 N–H and O–H groups in total. The summed E-state index contributed by atoms with van der Waals surface area (Å²) in [5.41, 5.74) is 5.40. The number of rotatable bonds is 5. The molecule has 0 bridgehead atoms. The SMILES string of the molecule is CC(=O)N1c2ccc(-c3ccc(CN4CCCCC4)cc3)cc2[C@@H](NC(=O)OC2CCC2)C[C@H]1C. The van der Waals surface area contributed by atoms with Crippen molar-refractivity contribution in [3.8, 4) is 11.1 Å². The molecule has 2 aliphatic heterocycles. The van der Waals surface area contributed by atoms with Gasteiger partial charge in [0.1, 0.15) is 6.10 Å². The third-order valence-electron chi connectivity index (χ3n) is 7.78. The molecule has 35 heavy (non-hydrogen) atoms. The molecule has 2 aromatic rings. The number of ether oxygens (including phenoxy) is 1. The third-order valence-corrected chi connectivity index (χ3v) is 7.78. The van der Waals surface area contributed by atoms with Gasteiger partial charge in [-0.1, -0.05) is 36.8 Å². The maximum absolute atomic E-state index is 12.6. The van der Waals surface area contributed by atoms with Crippen molar-refractivity contribution in [2.24, 2.45) is 0 Å². The van der Waals surface area contributed by atoms with Crippen LogP contribution in [0.15, 0.2) is 42.5 Å². The minimum absolute atomic E-state index is 0.00563. The van der Waals surface area contributed by atoms with Crippen LogP contribution in [0.4, 0.5) is 10.5 Å². The van der Waals surface area contributed by atoms with Crippen molar-refractivity contribution >= 4 is 17.7 Å². The first-order chi connectivity index (χ1) is 17.0. The number of hydrogen-bond acceptors (Lipinski definition) is 4. The molecule has 1 saturated heterocycles. The lowest BCUT2D eigenvalue weighted by Gasteiger charge is -2.39. The molecule has 2 heterocycles. The summed E-state index contributed by atoms with van der Waals surface area (Å²) in [5, 5.41) is 3.09. The van der Waals surface area contributed by atoms with Gasteiger partial charge in [0.05, 0.1) is 6.04 Å². The highest BCUT2D eigenvalue weighted by Gasteiger charge is 2.34. The molecule has 6 nitrogen and oxygen atoms in total. The molecule has 2 atom stereocenters. The van der Waals surface area contributed by atoms with E-state index >= 15 is 0 Å². The Hall–Kier alpha value is -2.86. The number of fused-ring (bicyclic) bond motifs is 1. The van der Waals surface area contributed by atoms with Gasteiger partial charge in [-0.05, 0) is 92.9 Å². The zero-order chi connectivity index (χ0) is 24.4. The van der Waals surface area contributed by atoms with E-state index in [1.54, 1.807) is 6.92 Å². The van der Waals surface area contributed by atoms with Gasteiger partial charge in [-0.2, -0.15) is 0 Å². The lowest BCUT2D eigenvalue weighted by atomic mass is 9.89. The number of piperidine rings is 1. The number of amides is 2. The Kier molecular flexibility index (Phi) is 7.09. The fourth-order valence-corrected chi connectivity index (χ4v) is 5.65. The molecule has 1 saturated carbocycles. The van der Waals surface area contributed by atoms with Crippen LogP contribution < -0.4 is 10.2 Å². The number of carbonyl (C=O) groups is 2. The van der Waals surface area contributed by atoms with Crippen molar-refractivity contribution in [3.63, 3.8) is 0 Å². The summed E-state index contributed by atoms with van der Waals surface area (Å²) in [5.74, 6) is 0.0176. The first kappa shape index (κ1) is 23.9. The zero-order valence-corrected chi connectivity index (χ0v) is 21.0. The summed E-state index contributed by atoms with van der Waals surface area (Å²) < 4.78 is 5.57. The molecule has 0 unspecified atom stereocenters. The third kappa shape index (κ3) is 5.37. The largest absolute Gasteiger partial charge is 0.446 e. The monoisotopic (exact) mass is 475 g/mol. The van der Waals surface area contributed by atoms with E-state index in [0.29, 0.717) is 6.42 Å². The number of nitrogens with zero attached hydrogens (tertiary/aromatic N) is 2. The molecule has 186 valence electrons. The van der Waals surface area contributed by atoms with E-state index in [0.717, 1.165) is 48.2 Å².